The molecule has 1 saturated carbocycles. The molecule has 0 saturated heterocycles. The topological polar surface area (TPSA) is 79.3 Å². The molecular formula is C20H22N2O3. The van der Waals surface area contributed by atoms with E-state index in [4.69, 9.17) is 5.11 Å². The summed E-state index contributed by atoms with van der Waals surface area (Å²) >= 11 is 0. The van der Waals surface area contributed by atoms with Crippen molar-refractivity contribution in [1.82, 2.24) is 10.3 Å². The Morgan fingerprint density at radius 3 is 2.52 bits per heavy atom. The first-order valence-corrected chi connectivity index (χ1v) is 8.58. The molecule has 1 aliphatic carbocycles. The van der Waals surface area contributed by atoms with Crippen LogP contribution in [0.5, 0.6) is 0 Å². The van der Waals surface area contributed by atoms with Crippen molar-refractivity contribution in [3.05, 3.63) is 53.9 Å². The molecule has 2 N–H and O–H groups in total. The molecule has 0 atom stereocenters. The highest BCUT2D eigenvalue weighted by molar-refractivity contribution is 5.95. The number of nitrogens with zero attached hydrogens (tertiary/aromatic N) is 1. The van der Waals surface area contributed by atoms with Gasteiger partial charge in [-0.3, -0.25) is 14.6 Å². The maximum atomic E-state index is 12.5. The van der Waals surface area contributed by atoms with Crippen molar-refractivity contribution in [3.8, 4) is 11.1 Å². The number of benzene rings is 1. The Morgan fingerprint density at radius 1 is 1.08 bits per heavy atom. The van der Waals surface area contributed by atoms with Crippen LogP contribution in [0.3, 0.4) is 0 Å². The summed E-state index contributed by atoms with van der Waals surface area (Å²) in [5, 5.41) is 12.1. The molecule has 1 aromatic heterocycles. The Bertz CT molecular complexity index is 780. The normalized spacial score (nSPS) is 20.0. The molecule has 1 amide bonds. The Kier molecular flexibility index (Phi) is 5.12. The van der Waals surface area contributed by atoms with Gasteiger partial charge in [0.15, 0.2) is 0 Å². The number of hydrogen-bond donors (Lipinski definition) is 2. The van der Waals surface area contributed by atoms with Crippen LogP contribution >= 0.6 is 0 Å². The number of carbonyl (C=O) groups is 2. The van der Waals surface area contributed by atoms with Crippen molar-refractivity contribution < 1.29 is 14.7 Å². The third-order valence-electron chi connectivity index (χ3n) is 4.76. The number of carboxylic acid groups (broad SMARTS) is 1. The molecule has 0 radical (unpaired) electrons. The van der Waals surface area contributed by atoms with Gasteiger partial charge in [0.25, 0.3) is 5.91 Å². The fourth-order valence-electron chi connectivity index (χ4n) is 3.30. The van der Waals surface area contributed by atoms with E-state index in [1.165, 1.54) is 0 Å². The second-order valence-corrected chi connectivity index (χ2v) is 6.69. The third kappa shape index (κ3) is 4.24. The molecule has 0 aliphatic heterocycles. The van der Waals surface area contributed by atoms with Crippen molar-refractivity contribution in [2.75, 3.05) is 0 Å². The molecule has 5 heteroatoms. The van der Waals surface area contributed by atoms with Gasteiger partial charge in [0.2, 0.25) is 0 Å². The number of rotatable bonds is 4. The van der Waals surface area contributed by atoms with Crippen LogP contribution in [0.15, 0.2) is 42.7 Å². The SMILES string of the molecule is Cc1cccc(-c2cncc(C(=O)NC3CCC(C(=O)O)CC3)c2)c1. The summed E-state index contributed by atoms with van der Waals surface area (Å²) in [6, 6.07) is 9.95. The first-order chi connectivity index (χ1) is 12.0. The van der Waals surface area contributed by atoms with E-state index in [2.05, 4.69) is 16.4 Å². The van der Waals surface area contributed by atoms with Gasteiger partial charge >= 0.3 is 5.97 Å². The van der Waals surface area contributed by atoms with Gasteiger partial charge in [0.1, 0.15) is 0 Å². The van der Waals surface area contributed by atoms with Crippen LogP contribution in [0.25, 0.3) is 11.1 Å². The van der Waals surface area contributed by atoms with E-state index in [1.54, 1.807) is 12.4 Å². The molecule has 3 rings (SSSR count). The van der Waals surface area contributed by atoms with Crippen LogP contribution in [-0.2, 0) is 4.79 Å². The number of aromatic nitrogens is 1. The highest BCUT2D eigenvalue weighted by Gasteiger charge is 2.26. The molecule has 0 spiro atoms. The summed E-state index contributed by atoms with van der Waals surface area (Å²) in [4.78, 5) is 27.7. The van der Waals surface area contributed by atoms with Gasteiger partial charge in [-0.1, -0.05) is 29.8 Å². The summed E-state index contributed by atoms with van der Waals surface area (Å²) in [5.74, 6) is -1.17. The second-order valence-electron chi connectivity index (χ2n) is 6.69. The van der Waals surface area contributed by atoms with Crippen molar-refractivity contribution in [3.63, 3.8) is 0 Å². The Labute approximate surface area is 147 Å². The van der Waals surface area contributed by atoms with Gasteiger partial charge in [0.05, 0.1) is 11.5 Å². The number of amides is 1. The molecule has 0 unspecified atom stereocenters. The maximum absolute atomic E-state index is 12.5. The smallest absolute Gasteiger partial charge is 0.306 e. The van der Waals surface area contributed by atoms with Crippen molar-refractivity contribution in [2.24, 2.45) is 5.92 Å². The average molecular weight is 338 g/mol. The highest BCUT2D eigenvalue weighted by Crippen LogP contribution is 2.25. The molecule has 5 nitrogen and oxygen atoms in total. The first kappa shape index (κ1) is 17.1. The number of nitrogens with one attached hydrogen (secondary N) is 1. The number of aryl methyl sites for hydroxylation is 1. The summed E-state index contributed by atoms with van der Waals surface area (Å²) in [5.41, 5.74) is 3.62. The van der Waals surface area contributed by atoms with Gasteiger partial charge in [-0.15, -0.1) is 0 Å². The van der Waals surface area contributed by atoms with Crippen LogP contribution in [0.4, 0.5) is 0 Å². The Balaban J connectivity index is 1.67. The van der Waals surface area contributed by atoms with E-state index in [9.17, 15) is 9.59 Å². The van der Waals surface area contributed by atoms with Gasteiger partial charge in [0, 0.05) is 24.0 Å². The van der Waals surface area contributed by atoms with E-state index < -0.39 is 5.97 Å². The lowest BCUT2D eigenvalue weighted by Crippen LogP contribution is -2.38. The third-order valence-corrected chi connectivity index (χ3v) is 4.76. The Hall–Kier alpha value is -2.69. The van der Waals surface area contributed by atoms with E-state index in [0.717, 1.165) is 16.7 Å². The van der Waals surface area contributed by atoms with Crippen LogP contribution in [0, 0.1) is 12.8 Å². The zero-order valence-electron chi connectivity index (χ0n) is 14.2. The quantitative estimate of drug-likeness (QED) is 0.895. The van der Waals surface area contributed by atoms with Gasteiger partial charge in [-0.05, 0) is 44.2 Å². The molecule has 1 heterocycles. The number of aliphatic carboxylic acids is 1. The molecule has 1 aliphatic rings. The number of hydrogen-bond acceptors (Lipinski definition) is 3. The fourth-order valence-corrected chi connectivity index (χ4v) is 3.30. The van der Waals surface area contributed by atoms with Crippen LogP contribution in [0.1, 0.15) is 41.6 Å². The summed E-state index contributed by atoms with van der Waals surface area (Å²) in [6.07, 6.45) is 5.95. The highest BCUT2D eigenvalue weighted by atomic mass is 16.4. The zero-order chi connectivity index (χ0) is 17.8. The van der Waals surface area contributed by atoms with Crippen molar-refractivity contribution >= 4 is 11.9 Å². The van der Waals surface area contributed by atoms with Crippen molar-refractivity contribution in [2.45, 2.75) is 38.6 Å². The monoisotopic (exact) mass is 338 g/mol. The predicted molar refractivity (Wildman–Crippen MR) is 95.3 cm³/mol. The summed E-state index contributed by atoms with van der Waals surface area (Å²) in [6.45, 7) is 2.03. The molecule has 25 heavy (non-hydrogen) atoms. The number of pyridine rings is 1. The minimum Gasteiger partial charge on any atom is -0.481 e. The Morgan fingerprint density at radius 2 is 1.84 bits per heavy atom. The lowest BCUT2D eigenvalue weighted by Gasteiger charge is -2.26. The second kappa shape index (κ2) is 7.47. The van der Waals surface area contributed by atoms with Gasteiger partial charge in [-0.2, -0.15) is 0 Å². The molecule has 2 aromatic rings. The average Bonchev–Trinajstić information content (AvgIpc) is 2.62. The van der Waals surface area contributed by atoms with E-state index in [-0.39, 0.29) is 17.9 Å². The standard InChI is InChI=1S/C20H22N2O3/c1-13-3-2-4-15(9-13)16-10-17(12-21-11-16)19(23)22-18-7-5-14(6-8-18)20(24)25/h2-4,9-12,14,18H,5-8H2,1H3,(H,22,23)(H,24,25). The maximum Gasteiger partial charge on any atom is 0.306 e. The zero-order valence-corrected chi connectivity index (χ0v) is 14.2. The van der Waals surface area contributed by atoms with Gasteiger partial charge in [-0.25, -0.2) is 0 Å². The number of carbonyl (C=O) groups excluding carboxylic acids is 1. The van der Waals surface area contributed by atoms with E-state index in [0.29, 0.717) is 31.2 Å². The van der Waals surface area contributed by atoms with E-state index >= 15 is 0 Å². The minimum atomic E-state index is -0.736. The predicted octanol–water partition coefficient (Wildman–Crippen LogP) is 3.43. The van der Waals surface area contributed by atoms with E-state index in [1.807, 2.05) is 31.2 Å². The molecule has 0 bridgehead atoms. The van der Waals surface area contributed by atoms with Crippen LogP contribution in [-0.4, -0.2) is 28.0 Å². The minimum absolute atomic E-state index is 0.0331. The fraction of sp³-hybridized carbons (Fsp3) is 0.350. The van der Waals surface area contributed by atoms with Crippen LogP contribution < -0.4 is 5.32 Å². The molecular weight excluding hydrogens is 316 g/mol. The number of carboxylic acids is 1. The summed E-state index contributed by atoms with van der Waals surface area (Å²) in [7, 11) is 0. The molecule has 1 aromatic carbocycles. The largest absolute Gasteiger partial charge is 0.481 e. The summed E-state index contributed by atoms with van der Waals surface area (Å²) < 4.78 is 0. The lowest BCUT2D eigenvalue weighted by molar-refractivity contribution is -0.142. The lowest BCUT2D eigenvalue weighted by atomic mass is 9.86. The molecule has 130 valence electrons. The molecule has 1 fully saturated rings. The van der Waals surface area contributed by atoms with Gasteiger partial charge < -0.3 is 10.4 Å². The van der Waals surface area contributed by atoms with Crippen LogP contribution in [0.2, 0.25) is 0 Å². The van der Waals surface area contributed by atoms with Crippen molar-refractivity contribution in [1.29, 1.82) is 0 Å². The first-order valence-electron chi connectivity index (χ1n) is 8.58.